The lowest BCUT2D eigenvalue weighted by molar-refractivity contribution is -0.139. The van der Waals surface area contributed by atoms with E-state index in [1.54, 1.807) is 19.1 Å². The summed E-state index contributed by atoms with van der Waals surface area (Å²) in [4.78, 5) is 22.5. The van der Waals surface area contributed by atoms with E-state index in [4.69, 9.17) is 9.84 Å². The van der Waals surface area contributed by atoms with Crippen molar-refractivity contribution in [3.8, 4) is 5.75 Å². The Bertz CT molecular complexity index is 994. The highest BCUT2D eigenvalue weighted by molar-refractivity contribution is 9.10. The zero-order valence-electron chi connectivity index (χ0n) is 13.9. The van der Waals surface area contributed by atoms with Gasteiger partial charge in [-0.2, -0.15) is 0 Å². The van der Waals surface area contributed by atoms with E-state index in [2.05, 4.69) is 15.9 Å². The Kier molecular flexibility index (Phi) is 4.99. The summed E-state index contributed by atoms with van der Waals surface area (Å²) in [5.74, 6) is -1.85. The van der Waals surface area contributed by atoms with Crippen LogP contribution in [-0.2, 0) is 11.3 Å². The van der Waals surface area contributed by atoms with Crippen LogP contribution in [0.1, 0.15) is 21.6 Å². The molecule has 0 radical (unpaired) electrons. The van der Waals surface area contributed by atoms with Gasteiger partial charge in [-0.25, -0.2) is 9.59 Å². The Morgan fingerprint density at radius 2 is 1.85 bits per heavy atom. The van der Waals surface area contributed by atoms with Gasteiger partial charge in [-0.05, 0) is 40.5 Å². The van der Waals surface area contributed by atoms with Crippen molar-refractivity contribution < 1.29 is 24.5 Å². The van der Waals surface area contributed by atoms with Crippen molar-refractivity contribution in [3.05, 3.63) is 63.8 Å². The molecule has 0 aliphatic heterocycles. The van der Waals surface area contributed by atoms with Gasteiger partial charge in [-0.1, -0.05) is 30.3 Å². The van der Waals surface area contributed by atoms with Gasteiger partial charge in [-0.15, -0.1) is 0 Å². The minimum absolute atomic E-state index is 0.184. The zero-order valence-corrected chi connectivity index (χ0v) is 15.5. The summed E-state index contributed by atoms with van der Waals surface area (Å²) in [6.45, 7) is 1.78. The van der Waals surface area contributed by atoms with Gasteiger partial charge in [0.2, 0.25) is 0 Å². The topological polar surface area (TPSA) is 88.8 Å². The van der Waals surface area contributed by atoms with Crippen molar-refractivity contribution in [2.24, 2.45) is 0 Å². The van der Waals surface area contributed by atoms with Crippen LogP contribution in [0.4, 0.5) is 0 Å². The van der Waals surface area contributed by atoms with E-state index < -0.39 is 18.5 Å². The number of ether oxygens (including phenoxy) is 1. The second-order valence-electron chi connectivity index (χ2n) is 5.82. The molecule has 2 N–H and O–H groups in total. The highest BCUT2D eigenvalue weighted by Gasteiger charge is 2.21. The molecule has 3 rings (SSSR count). The molecule has 0 spiro atoms. The number of carbonyl (C=O) groups is 2. The maximum atomic E-state index is 11.8. The fourth-order valence-corrected chi connectivity index (χ4v) is 3.41. The van der Waals surface area contributed by atoms with E-state index in [1.807, 2.05) is 34.9 Å². The standard InChI is InChI=1S/C19H16BrNO5/c1-11-18(19(24)25)13-7-16(26-10-17(22)23)14(20)8-15(13)21(11)9-12-5-3-2-4-6-12/h2-8H,9-10H2,1H3,(H,22,23)(H,24,25). The van der Waals surface area contributed by atoms with E-state index in [0.29, 0.717) is 27.8 Å². The van der Waals surface area contributed by atoms with Gasteiger partial charge in [0.15, 0.2) is 6.61 Å². The second-order valence-corrected chi connectivity index (χ2v) is 6.67. The number of halogens is 1. The molecule has 134 valence electrons. The number of hydrogen-bond donors (Lipinski definition) is 2. The molecule has 6 nitrogen and oxygen atoms in total. The van der Waals surface area contributed by atoms with Crippen LogP contribution < -0.4 is 4.74 Å². The smallest absolute Gasteiger partial charge is 0.341 e. The molecule has 0 amide bonds. The van der Waals surface area contributed by atoms with Crippen molar-refractivity contribution in [2.75, 3.05) is 6.61 Å². The summed E-state index contributed by atoms with van der Waals surface area (Å²) >= 11 is 3.38. The van der Waals surface area contributed by atoms with Crippen LogP contribution in [0.2, 0.25) is 0 Å². The van der Waals surface area contributed by atoms with Crippen LogP contribution in [0.15, 0.2) is 46.9 Å². The molecule has 7 heteroatoms. The first-order chi connectivity index (χ1) is 12.4. The Morgan fingerprint density at radius 3 is 2.46 bits per heavy atom. The van der Waals surface area contributed by atoms with E-state index in [0.717, 1.165) is 11.1 Å². The van der Waals surface area contributed by atoms with Gasteiger partial charge in [0.25, 0.3) is 0 Å². The quantitative estimate of drug-likeness (QED) is 0.634. The van der Waals surface area contributed by atoms with E-state index in [9.17, 15) is 14.7 Å². The maximum absolute atomic E-state index is 11.8. The second kappa shape index (κ2) is 7.21. The van der Waals surface area contributed by atoms with E-state index in [1.165, 1.54) is 0 Å². The number of carboxylic acid groups (broad SMARTS) is 2. The number of benzene rings is 2. The van der Waals surface area contributed by atoms with E-state index in [-0.39, 0.29) is 5.56 Å². The first-order valence-corrected chi connectivity index (χ1v) is 8.62. The molecule has 1 aromatic heterocycles. The first-order valence-electron chi connectivity index (χ1n) is 7.82. The summed E-state index contributed by atoms with van der Waals surface area (Å²) < 4.78 is 7.76. The summed E-state index contributed by atoms with van der Waals surface area (Å²) in [6.07, 6.45) is 0. The van der Waals surface area contributed by atoms with Crippen LogP contribution in [0.25, 0.3) is 10.9 Å². The van der Waals surface area contributed by atoms with Gasteiger partial charge < -0.3 is 19.5 Å². The van der Waals surface area contributed by atoms with Gasteiger partial charge in [0.05, 0.1) is 15.6 Å². The van der Waals surface area contributed by atoms with Crippen LogP contribution >= 0.6 is 15.9 Å². The van der Waals surface area contributed by atoms with Crippen molar-refractivity contribution in [3.63, 3.8) is 0 Å². The molecule has 0 aliphatic rings. The molecule has 0 saturated heterocycles. The molecule has 0 saturated carbocycles. The average Bonchev–Trinajstić information content (AvgIpc) is 2.85. The minimum Gasteiger partial charge on any atom is -0.481 e. The number of nitrogens with zero attached hydrogens (tertiary/aromatic N) is 1. The number of aliphatic carboxylic acids is 1. The molecule has 26 heavy (non-hydrogen) atoms. The van der Waals surface area contributed by atoms with Crippen molar-refractivity contribution in [1.82, 2.24) is 4.57 Å². The normalized spacial score (nSPS) is 10.8. The molecule has 0 bridgehead atoms. The Morgan fingerprint density at radius 1 is 1.15 bits per heavy atom. The lowest BCUT2D eigenvalue weighted by Crippen LogP contribution is -2.09. The zero-order chi connectivity index (χ0) is 18.8. The average molecular weight is 418 g/mol. The van der Waals surface area contributed by atoms with Crippen molar-refractivity contribution >= 4 is 38.8 Å². The van der Waals surface area contributed by atoms with Crippen LogP contribution in [0.3, 0.4) is 0 Å². The van der Waals surface area contributed by atoms with Crippen LogP contribution in [0, 0.1) is 6.92 Å². The third kappa shape index (κ3) is 3.43. The fraction of sp³-hybridized carbons (Fsp3) is 0.158. The third-order valence-electron chi connectivity index (χ3n) is 4.13. The van der Waals surface area contributed by atoms with Gasteiger partial charge in [-0.3, -0.25) is 0 Å². The lowest BCUT2D eigenvalue weighted by atomic mass is 10.1. The molecule has 0 fully saturated rings. The van der Waals surface area contributed by atoms with E-state index >= 15 is 0 Å². The fourth-order valence-electron chi connectivity index (χ4n) is 2.97. The third-order valence-corrected chi connectivity index (χ3v) is 4.75. The minimum atomic E-state index is -1.10. The van der Waals surface area contributed by atoms with Crippen LogP contribution in [0.5, 0.6) is 5.75 Å². The van der Waals surface area contributed by atoms with Crippen molar-refractivity contribution in [2.45, 2.75) is 13.5 Å². The maximum Gasteiger partial charge on any atom is 0.341 e. The molecule has 1 heterocycles. The van der Waals surface area contributed by atoms with Gasteiger partial charge in [0, 0.05) is 17.6 Å². The highest BCUT2D eigenvalue weighted by Crippen LogP contribution is 2.35. The number of aromatic carboxylic acids is 1. The molecule has 2 aromatic carbocycles. The number of fused-ring (bicyclic) bond motifs is 1. The largest absolute Gasteiger partial charge is 0.481 e. The lowest BCUT2D eigenvalue weighted by Gasteiger charge is -2.10. The molecule has 0 atom stereocenters. The summed E-state index contributed by atoms with van der Waals surface area (Å²) in [7, 11) is 0. The Balaban J connectivity index is 2.16. The number of aromatic nitrogens is 1. The summed E-state index contributed by atoms with van der Waals surface area (Å²) in [6, 6.07) is 13.1. The van der Waals surface area contributed by atoms with Gasteiger partial charge in [0.1, 0.15) is 5.75 Å². The Hall–Kier alpha value is -2.80. The predicted molar refractivity (Wildman–Crippen MR) is 100 cm³/mol. The number of rotatable bonds is 6. The van der Waals surface area contributed by atoms with Crippen LogP contribution in [-0.4, -0.2) is 33.3 Å². The Labute approximate surface area is 157 Å². The predicted octanol–water partition coefficient (Wildman–Crippen LogP) is 3.92. The summed E-state index contributed by atoms with van der Waals surface area (Å²) in [5, 5.41) is 19.0. The highest BCUT2D eigenvalue weighted by atomic mass is 79.9. The number of carboxylic acids is 2. The molecular weight excluding hydrogens is 402 g/mol. The SMILES string of the molecule is Cc1c(C(=O)O)c2cc(OCC(=O)O)c(Br)cc2n1Cc1ccccc1. The molecule has 0 unspecified atom stereocenters. The summed E-state index contributed by atoms with van der Waals surface area (Å²) in [5.41, 5.74) is 2.59. The first kappa shape index (κ1) is 18.0. The monoisotopic (exact) mass is 417 g/mol. The molecule has 3 aromatic rings. The van der Waals surface area contributed by atoms with Gasteiger partial charge >= 0.3 is 11.9 Å². The number of hydrogen-bond acceptors (Lipinski definition) is 3. The molecular formula is C19H16BrNO5. The molecule has 0 aliphatic carbocycles. The van der Waals surface area contributed by atoms with Crippen molar-refractivity contribution in [1.29, 1.82) is 0 Å².